The predicted octanol–water partition coefficient (Wildman–Crippen LogP) is 6.87. The van der Waals surface area contributed by atoms with Crippen LogP contribution in [0.3, 0.4) is 0 Å². The van der Waals surface area contributed by atoms with Crippen molar-refractivity contribution in [2.24, 2.45) is 0 Å². The Kier molecular flexibility index (Phi) is 9.89. The molecule has 0 aliphatic carbocycles. The molecule has 0 radical (unpaired) electrons. The molecule has 0 spiro atoms. The van der Waals surface area contributed by atoms with Crippen LogP contribution in [0.25, 0.3) is 0 Å². The molecule has 138 valence electrons. The van der Waals surface area contributed by atoms with E-state index < -0.39 is 0 Å². The van der Waals surface area contributed by atoms with E-state index in [-0.39, 0.29) is 5.16 Å². The predicted molar refractivity (Wildman–Crippen MR) is 112 cm³/mol. The second-order valence-corrected chi connectivity index (χ2v) is 9.09. The molecule has 0 saturated heterocycles. The monoisotopic (exact) mass is 350 g/mol. The summed E-state index contributed by atoms with van der Waals surface area (Å²) in [4.78, 5) is 5.01. The Balaban J connectivity index is 2.90. The standard InChI is InChI=1S/C21H39N2P/c1-6-8-10-12-14-17(13-11-9-7-2)19-16-15-18(21(3,4)24)20(22-5)23-19/h15-17H,6-14,24H2,1-5H3,(H,22,23). The number of unbranched alkanes of at least 4 members (excludes halogenated alkanes) is 5. The zero-order valence-corrected chi connectivity index (χ0v) is 17.8. The van der Waals surface area contributed by atoms with Crippen LogP contribution in [0.2, 0.25) is 0 Å². The molecule has 1 aromatic heterocycles. The zero-order chi connectivity index (χ0) is 18.0. The second-order valence-electron chi connectivity index (χ2n) is 7.65. The molecule has 2 atom stereocenters. The van der Waals surface area contributed by atoms with Gasteiger partial charge in [-0.2, -0.15) is 0 Å². The van der Waals surface area contributed by atoms with Crippen molar-refractivity contribution < 1.29 is 0 Å². The van der Waals surface area contributed by atoms with Gasteiger partial charge in [0.2, 0.25) is 0 Å². The van der Waals surface area contributed by atoms with Crippen molar-refractivity contribution in [1.82, 2.24) is 4.98 Å². The molecule has 0 amide bonds. The van der Waals surface area contributed by atoms with Gasteiger partial charge in [0.15, 0.2) is 0 Å². The molecule has 0 aliphatic heterocycles. The number of anilines is 1. The summed E-state index contributed by atoms with van der Waals surface area (Å²) in [7, 11) is 4.92. The van der Waals surface area contributed by atoms with Crippen LogP contribution in [-0.4, -0.2) is 12.0 Å². The van der Waals surface area contributed by atoms with Gasteiger partial charge in [-0.1, -0.05) is 78.7 Å². The fourth-order valence-electron chi connectivity index (χ4n) is 3.31. The second kappa shape index (κ2) is 11.1. The van der Waals surface area contributed by atoms with E-state index in [0.717, 1.165) is 5.82 Å². The summed E-state index contributed by atoms with van der Waals surface area (Å²) < 4.78 is 0. The van der Waals surface area contributed by atoms with E-state index in [9.17, 15) is 0 Å². The third kappa shape index (κ3) is 7.09. The van der Waals surface area contributed by atoms with Crippen molar-refractivity contribution in [3.05, 3.63) is 23.4 Å². The number of aromatic nitrogens is 1. The lowest BCUT2D eigenvalue weighted by Gasteiger charge is -2.24. The average molecular weight is 351 g/mol. The maximum Gasteiger partial charge on any atom is 0.130 e. The van der Waals surface area contributed by atoms with Gasteiger partial charge in [-0.3, -0.25) is 0 Å². The van der Waals surface area contributed by atoms with Crippen LogP contribution >= 0.6 is 9.24 Å². The van der Waals surface area contributed by atoms with Crippen LogP contribution in [0.5, 0.6) is 0 Å². The lowest BCUT2D eigenvalue weighted by atomic mass is 9.90. The van der Waals surface area contributed by atoms with E-state index in [1.165, 1.54) is 69.0 Å². The number of nitrogens with zero attached hydrogens (tertiary/aromatic N) is 1. The molecule has 1 aromatic rings. The molecular weight excluding hydrogens is 311 g/mol. The normalized spacial score (nSPS) is 13.1. The van der Waals surface area contributed by atoms with Gasteiger partial charge in [-0.15, -0.1) is 9.24 Å². The third-order valence-corrected chi connectivity index (χ3v) is 5.14. The number of hydrogen-bond acceptors (Lipinski definition) is 2. The summed E-state index contributed by atoms with van der Waals surface area (Å²) in [6, 6.07) is 4.55. The number of pyridine rings is 1. The molecule has 2 unspecified atom stereocenters. The summed E-state index contributed by atoms with van der Waals surface area (Å²) in [5.74, 6) is 1.66. The summed E-state index contributed by atoms with van der Waals surface area (Å²) in [5.41, 5.74) is 2.56. The van der Waals surface area contributed by atoms with Crippen molar-refractivity contribution in [2.75, 3.05) is 12.4 Å². The highest BCUT2D eigenvalue weighted by molar-refractivity contribution is 7.18. The van der Waals surface area contributed by atoms with Gasteiger partial charge in [0.1, 0.15) is 5.82 Å². The van der Waals surface area contributed by atoms with Crippen LogP contribution < -0.4 is 5.32 Å². The molecule has 0 aliphatic rings. The Hall–Kier alpha value is -0.620. The van der Waals surface area contributed by atoms with Crippen LogP contribution in [0.15, 0.2) is 12.1 Å². The molecule has 1 rings (SSSR count). The smallest absolute Gasteiger partial charge is 0.130 e. The van der Waals surface area contributed by atoms with E-state index in [1.54, 1.807) is 0 Å². The molecular formula is C21H39N2P. The number of hydrogen-bond donors (Lipinski definition) is 1. The SMILES string of the molecule is CCCCCCC(CCCCC)c1ccc(C(C)(C)P)c(NC)n1. The largest absolute Gasteiger partial charge is 0.373 e. The van der Waals surface area contributed by atoms with Crippen molar-refractivity contribution in [3.8, 4) is 0 Å². The van der Waals surface area contributed by atoms with Gasteiger partial charge in [-0.05, 0) is 18.9 Å². The molecule has 0 saturated carbocycles. The van der Waals surface area contributed by atoms with Gasteiger partial charge in [-0.25, -0.2) is 4.98 Å². The lowest BCUT2D eigenvalue weighted by Crippen LogP contribution is -2.13. The first-order valence-electron chi connectivity index (χ1n) is 9.92. The summed E-state index contributed by atoms with van der Waals surface area (Å²) in [6.07, 6.45) is 11.9. The average Bonchev–Trinajstić information content (AvgIpc) is 2.55. The summed E-state index contributed by atoms with van der Waals surface area (Å²) in [5, 5.41) is 3.36. The molecule has 1 N–H and O–H groups in total. The van der Waals surface area contributed by atoms with Crippen molar-refractivity contribution in [3.63, 3.8) is 0 Å². The Labute approximate surface area is 152 Å². The quantitative estimate of drug-likeness (QED) is 0.329. The van der Waals surface area contributed by atoms with E-state index in [4.69, 9.17) is 4.98 Å². The fourth-order valence-corrected chi connectivity index (χ4v) is 3.54. The van der Waals surface area contributed by atoms with E-state index in [0.29, 0.717) is 5.92 Å². The van der Waals surface area contributed by atoms with E-state index in [2.05, 4.69) is 54.4 Å². The maximum atomic E-state index is 5.01. The Morgan fingerprint density at radius 2 is 1.58 bits per heavy atom. The van der Waals surface area contributed by atoms with Crippen LogP contribution in [-0.2, 0) is 5.16 Å². The van der Waals surface area contributed by atoms with E-state index in [1.807, 2.05) is 7.05 Å². The van der Waals surface area contributed by atoms with Gasteiger partial charge in [0, 0.05) is 29.4 Å². The molecule has 2 nitrogen and oxygen atoms in total. The van der Waals surface area contributed by atoms with Crippen molar-refractivity contribution >= 4 is 15.1 Å². The van der Waals surface area contributed by atoms with Gasteiger partial charge in [0.25, 0.3) is 0 Å². The highest BCUT2D eigenvalue weighted by Gasteiger charge is 2.21. The van der Waals surface area contributed by atoms with Crippen LogP contribution in [0.1, 0.15) is 103 Å². The van der Waals surface area contributed by atoms with Gasteiger partial charge >= 0.3 is 0 Å². The van der Waals surface area contributed by atoms with Crippen molar-refractivity contribution in [2.45, 2.75) is 96.6 Å². The highest BCUT2D eigenvalue weighted by Crippen LogP contribution is 2.36. The Morgan fingerprint density at radius 1 is 1.00 bits per heavy atom. The molecule has 3 heteroatoms. The minimum absolute atomic E-state index is 0.0444. The lowest BCUT2D eigenvalue weighted by molar-refractivity contribution is 0.493. The molecule has 1 heterocycles. The van der Waals surface area contributed by atoms with Crippen LogP contribution in [0.4, 0.5) is 5.82 Å². The summed E-state index contributed by atoms with van der Waals surface area (Å²) in [6.45, 7) is 9.00. The fraction of sp³-hybridized carbons (Fsp3) is 0.762. The first-order valence-corrected chi connectivity index (χ1v) is 10.5. The molecule has 24 heavy (non-hydrogen) atoms. The van der Waals surface area contributed by atoms with Crippen molar-refractivity contribution in [1.29, 1.82) is 0 Å². The molecule has 0 fully saturated rings. The zero-order valence-electron chi connectivity index (χ0n) is 16.6. The first kappa shape index (κ1) is 21.4. The Bertz CT molecular complexity index is 465. The number of rotatable bonds is 12. The minimum atomic E-state index is 0.0444. The van der Waals surface area contributed by atoms with Gasteiger partial charge < -0.3 is 5.32 Å². The first-order chi connectivity index (χ1) is 11.4. The molecule has 0 bridgehead atoms. The minimum Gasteiger partial charge on any atom is -0.373 e. The van der Waals surface area contributed by atoms with E-state index >= 15 is 0 Å². The third-order valence-electron chi connectivity index (χ3n) is 4.83. The van der Waals surface area contributed by atoms with Crippen LogP contribution in [0, 0.1) is 0 Å². The summed E-state index contributed by atoms with van der Waals surface area (Å²) >= 11 is 0. The maximum absolute atomic E-state index is 5.01. The Morgan fingerprint density at radius 3 is 2.12 bits per heavy atom. The molecule has 0 aromatic carbocycles. The number of nitrogens with one attached hydrogen (secondary N) is 1. The topological polar surface area (TPSA) is 24.9 Å². The van der Waals surface area contributed by atoms with Gasteiger partial charge in [0.05, 0.1) is 0 Å². The highest BCUT2D eigenvalue weighted by atomic mass is 31.0.